The quantitative estimate of drug-likeness (QED) is 0.777. The first-order valence-corrected chi connectivity index (χ1v) is 6.63. The van der Waals surface area contributed by atoms with Crippen LogP contribution in [-0.2, 0) is 9.53 Å². The van der Waals surface area contributed by atoms with Crippen molar-refractivity contribution in [2.75, 3.05) is 0 Å². The van der Waals surface area contributed by atoms with Crippen molar-refractivity contribution in [3.8, 4) is 0 Å². The fraction of sp³-hybridized carbons (Fsp3) is 0.235. The lowest BCUT2D eigenvalue weighted by Gasteiger charge is -2.21. The van der Waals surface area contributed by atoms with Gasteiger partial charge in [0.2, 0.25) is 0 Å². The van der Waals surface area contributed by atoms with Crippen molar-refractivity contribution in [2.45, 2.75) is 25.9 Å². The van der Waals surface area contributed by atoms with Crippen LogP contribution in [0.4, 0.5) is 0 Å². The molecule has 20 heavy (non-hydrogen) atoms. The molecule has 0 atom stereocenters. The Kier molecular flexibility index (Phi) is 2.97. The van der Waals surface area contributed by atoms with Gasteiger partial charge in [0.1, 0.15) is 11.4 Å². The highest BCUT2D eigenvalue weighted by molar-refractivity contribution is 5.88. The molecule has 1 saturated heterocycles. The molecule has 0 amide bonds. The number of hydrogen-bond acceptors (Lipinski definition) is 3. The van der Waals surface area contributed by atoms with Gasteiger partial charge in [-0.15, -0.1) is 0 Å². The molecule has 0 N–H and O–H groups in total. The van der Waals surface area contributed by atoms with E-state index in [1.807, 2.05) is 56.3 Å². The molecule has 0 saturated carbocycles. The molecule has 0 bridgehead atoms. The van der Waals surface area contributed by atoms with Gasteiger partial charge < -0.3 is 9.15 Å². The molecule has 0 radical (unpaired) electrons. The number of cyclic esters (lactones) is 1. The van der Waals surface area contributed by atoms with Crippen LogP contribution in [0.25, 0.3) is 5.57 Å². The minimum absolute atomic E-state index is 0.190. The number of carbonyl (C=O) groups excluding carboxylic acids is 1. The number of rotatable bonds is 2. The smallest absolute Gasteiger partial charge is 0.310 e. The van der Waals surface area contributed by atoms with Gasteiger partial charge in [-0.25, -0.2) is 0 Å². The molecule has 1 aromatic carbocycles. The first kappa shape index (κ1) is 12.7. The summed E-state index contributed by atoms with van der Waals surface area (Å²) in [5, 5.41) is 0. The van der Waals surface area contributed by atoms with Gasteiger partial charge in [-0.2, -0.15) is 0 Å². The van der Waals surface area contributed by atoms with E-state index in [0.717, 1.165) is 22.5 Å². The second kappa shape index (κ2) is 4.67. The lowest BCUT2D eigenvalue weighted by molar-refractivity contribution is -0.145. The van der Waals surface area contributed by atoms with Crippen LogP contribution >= 0.6 is 0 Å². The predicted molar refractivity (Wildman–Crippen MR) is 76.0 cm³/mol. The molecule has 0 spiro atoms. The van der Waals surface area contributed by atoms with E-state index in [1.165, 1.54) is 0 Å². The molecular weight excluding hydrogens is 252 g/mol. The van der Waals surface area contributed by atoms with Gasteiger partial charge in [0.15, 0.2) is 0 Å². The highest BCUT2D eigenvalue weighted by Crippen LogP contribution is 2.40. The van der Waals surface area contributed by atoms with Crippen LogP contribution in [0.3, 0.4) is 0 Å². The molecule has 1 aliphatic heterocycles. The normalized spacial score (nSPS) is 19.8. The molecule has 2 aromatic rings. The van der Waals surface area contributed by atoms with Crippen molar-refractivity contribution in [1.29, 1.82) is 0 Å². The van der Waals surface area contributed by atoms with E-state index >= 15 is 0 Å². The summed E-state index contributed by atoms with van der Waals surface area (Å²) in [5.41, 5.74) is 2.34. The number of hydrogen-bond donors (Lipinski definition) is 0. The molecule has 102 valence electrons. The van der Waals surface area contributed by atoms with Crippen LogP contribution in [-0.4, -0.2) is 11.6 Å². The van der Waals surface area contributed by atoms with Gasteiger partial charge in [-0.1, -0.05) is 30.3 Å². The standard InChI is InChI=1S/C17H16O3/c1-17(2)13(11-15(18)20-17)16(14-9-6-10-19-14)12-7-4-3-5-8-12/h3-10H,11H2,1-2H3/b16-13-. The monoisotopic (exact) mass is 268 g/mol. The molecule has 3 nitrogen and oxygen atoms in total. The molecule has 3 heteroatoms. The van der Waals surface area contributed by atoms with Gasteiger partial charge in [0.05, 0.1) is 12.7 Å². The van der Waals surface area contributed by atoms with Crippen molar-refractivity contribution in [3.05, 3.63) is 65.6 Å². The molecule has 1 aliphatic rings. The maximum Gasteiger partial charge on any atom is 0.310 e. The summed E-state index contributed by atoms with van der Waals surface area (Å²) < 4.78 is 11.0. The molecule has 2 heterocycles. The molecule has 1 aromatic heterocycles. The summed E-state index contributed by atoms with van der Waals surface area (Å²) in [6.45, 7) is 3.83. The summed E-state index contributed by atoms with van der Waals surface area (Å²) in [6.07, 6.45) is 1.95. The van der Waals surface area contributed by atoms with Gasteiger partial charge in [0.25, 0.3) is 0 Å². The van der Waals surface area contributed by atoms with Crippen molar-refractivity contribution in [1.82, 2.24) is 0 Å². The maximum atomic E-state index is 11.7. The number of ether oxygens (including phenoxy) is 1. The van der Waals surface area contributed by atoms with Crippen LogP contribution < -0.4 is 0 Å². The number of benzene rings is 1. The van der Waals surface area contributed by atoms with Gasteiger partial charge >= 0.3 is 5.97 Å². The first-order valence-electron chi connectivity index (χ1n) is 6.63. The van der Waals surface area contributed by atoms with E-state index in [4.69, 9.17) is 9.15 Å². The van der Waals surface area contributed by atoms with Gasteiger partial charge in [-0.3, -0.25) is 4.79 Å². The third kappa shape index (κ3) is 2.16. The van der Waals surface area contributed by atoms with Gasteiger partial charge in [0, 0.05) is 5.57 Å². The minimum Gasteiger partial charge on any atom is -0.464 e. The highest BCUT2D eigenvalue weighted by Gasteiger charge is 2.39. The lowest BCUT2D eigenvalue weighted by Crippen LogP contribution is -2.21. The summed E-state index contributed by atoms with van der Waals surface area (Å²) >= 11 is 0. The fourth-order valence-electron chi connectivity index (χ4n) is 2.62. The second-order valence-electron chi connectivity index (χ2n) is 5.36. The van der Waals surface area contributed by atoms with Crippen LogP contribution in [0.5, 0.6) is 0 Å². The Bertz CT molecular complexity index is 649. The summed E-state index contributed by atoms with van der Waals surface area (Å²) in [5.74, 6) is 0.572. The van der Waals surface area contributed by atoms with Crippen LogP contribution in [0.15, 0.2) is 58.7 Å². The largest absolute Gasteiger partial charge is 0.464 e. The van der Waals surface area contributed by atoms with E-state index in [1.54, 1.807) is 6.26 Å². The molecule has 0 unspecified atom stereocenters. The van der Waals surface area contributed by atoms with Crippen LogP contribution in [0.1, 0.15) is 31.6 Å². The average Bonchev–Trinajstić information content (AvgIpc) is 3.00. The number of furan rings is 1. The van der Waals surface area contributed by atoms with E-state index in [-0.39, 0.29) is 5.97 Å². The fourth-order valence-corrected chi connectivity index (χ4v) is 2.62. The Labute approximate surface area is 117 Å². The topological polar surface area (TPSA) is 39.4 Å². The van der Waals surface area contributed by atoms with Crippen molar-refractivity contribution >= 4 is 11.5 Å². The third-order valence-corrected chi connectivity index (χ3v) is 3.55. The van der Waals surface area contributed by atoms with Gasteiger partial charge in [-0.05, 0) is 37.1 Å². The van der Waals surface area contributed by atoms with E-state index < -0.39 is 5.60 Å². The van der Waals surface area contributed by atoms with Crippen molar-refractivity contribution in [3.63, 3.8) is 0 Å². The zero-order chi connectivity index (χ0) is 14.2. The third-order valence-electron chi connectivity index (χ3n) is 3.55. The van der Waals surface area contributed by atoms with Crippen molar-refractivity contribution in [2.24, 2.45) is 0 Å². The number of esters is 1. The van der Waals surface area contributed by atoms with E-state index in [9.17, 15) is 4.79 Å². The van der Waals surface area contributed by atoms with Crippen LogP contribution in [0, 0.1) is 0 Å². The first-order chi connectivity index (χ1) is 9.58. The Morgan fingerprint density at radius 2 is 1.85 bits per heavy atom. The Morgan fingerprint density at radius 1 is 1.10 bits per heavy atom. The minimum atomic E-state index is -0.602. The Balaban J connectivity index is 2.24. The SMILES string of the molecule is CC1(C)OC(=O)C/C1=C(\c1ccccc1)c1ccco1. The summed E-state index contributed by atoms with van der Waals surface area (Å²) in [4.78, 5) is 11.7. The molecule has 1 fully saturated rings. The molecule has 0 aliphatic carbocycles. The second-order valence-corrected chi connectivity index (χ2v) is 5.36. The zero-order valence-electron chi connectivity index (χ0n) is 11.6. The Morgan fingerprint density at radius 3 is 2.40 bits per heavy atom. The predicted octanol–water partition coefficient (Wildman–Crippen LogP) is 3.81. The molecular formula is C17H16O3. The average molecular weight is 268 g/mol. The molecule has 3 rings (SSSR count). The highest BCUT2D eigenvalue weighted by atomic mass is 16.6. The zero-order valence-corrected chi connectivity index (χ0v) is 11.6. The summed E-state index contributed by atoms with van der Waals surface area (Å²) in [6, 6.07) is 13.7. The van der Waals surface area contributed by atoms with E-state index in [0.29, 0.717) is 6.42 Å². The lowest BCUT2D eigenvalue weighted by atomic mass is 9.88. The Hall–Kier alpha value is -2.29. The van der Waals surface area contributed by atoms with Crippen LogP contribution in [0.2, 0.25) is 0 Å². The summed E-state index contributed by atoms with van der Waals surface area (Å²) in [7, 11) is 0. The number of carbonyl (C=O) groups is 1. The van der Waals surface area contributed by atoms with Crippen molar-refractivity contribution < 1.29 is 13.9 Å². The maximum absolute atomic E-state index is 11.7. The van der Waals surface area contributed by atoms with E-state index in [2.05, 4.69) is 0 Å².